The molecule has 1 aromatic rings. The van der Waals surface area contributed by atoms with Crippen LogP contribution in [0.5, 0.6) is 0 Å². The van der Waals surface area contributed by atoms with E-state index < -0.39 is 0 Å². The van der Waals surface area contributed by atoms with Gasteiger partial charge in [-0.2, -0.15) is 9.47 Å². The third-order valence-corrected chi connectivity index (χ3v) is 4.98. The molecule has 116 valence electrons. The zero-order chi connectivity index (χ0) is 15.4. The van der Waals surface area contributed by atoms with Gasteiger partial charge in [-0.15, -0.1) is 0 Å². The van der Waals surface area contributed by atoms with Crippen molar-refractivity contribution in [2.75, 3.05) is 5.73 Å². The fourth-order valence-corrected chi connectivity index (χ4v) is 3.66. The minimum atomic E-state index is 0.448. The lowest BCUT2D eigenvalue weighted by Gasteiger charge is -2.30. The van der Waals surface area contributed by atoms with Crippen LogP contribution < -0.4 is 16.5 Å². The number of anilines is 1. The lowest BCUT2D eigenvalue weighted by molar-refractivity contribution is 0.308. The first-order valence-electron chi connectivity index (χ1n) is 7.32. The fraction of sp³-hybridized carbons (Fsp3) is 0.643. The number of nitrogens with one attached hydrogen (secondary N) is 2. The van der Waals surface area contributed by atoms with Crippen molar-refractivity contribution in [1.29, 1.82) is 0 Å². The number of thiocarbonyl (C=S) groups is 1. The van der Waals surface area contributed by atoms with Gasteiger partial charge in [0.1, 0.15) is 5.00 Å². The van der Waals surface area contributed by atoms with E-state index in [1.807, 2.05) is 13.8 Å². The number of hydrogen-bond donors (Lipinski definition) is 3. The van der Waals surface area contributed by atoms with Crippen LogP contribution in [0.2, 0.25) is 0 Å². The molecule has 0 unspecified atom stereocenters. The largest absolute Gasteiger partial charge is 0.389 e. The van der Waals surface area contributed by atoms with E-state index >= 15 is 0 Å². The van der Waals surface area contributed by atoms with Gasteiger partial charge in [0.2, 0.25) is 0 Å². The van der Waals surface area contributed by atoms with Gasteiger partial charge in [0.05, 0.1) is 17.0 Å². The second-order valence-electron chi connectivity index (χ2n) is 5.66. The van der Waals surface area contributed by atoms with Crippen LogP contribution in [0.1, 0.15) is 50.8 Å². The Morgan fingerprint density at radius 2 is 2.14 bits per heavy atom. The quantitative estimate of drug-likeness (QED) is 0.453. The topological polar surface area (TPSA) is 75.3 Å². The van der Waals surface area contributed by atoms with E-state index in [0.717, 1.165) is 17.0 Å². The monoisotopic (exact) mass is 325 g/mol. The van der Waals surface area contributed by atoms with Gasteiger partial charge >= 0.3 is 0 Å². The Morgan fingerprint density at radius 1 is 1.43 bits per heavy atom. The number of hydrazone groups is 1. The summed E-state index contributed by atoms with van der Waals surface area (Å²) in [6.07, 6.45) is 5.02. The lowest BCUT2D eigenvalue weighted by Crippen LogP contribution is -2.44. The Morgan fingerprint density at radius 3 is 2.76 bits per heavy atom. The number of nitrogens with two attached hydrogens (primary N) is 1. The maximum atomic E-state index is 5.92. The van der Waals surface area contributed by atoms with E-state index in [9.17, 15) is 0 Å². The maximum Gasteiger partial charge on any atom is 0.187 e. The van der Waals surface area contributed by atoms with E-state index in [2.05, 4.69) is 27.1 Å². The second kappa shape index (κ2) is 7.17. The van der Waals surface area contributed by atoms with Gasteiger partial charge in [0.25, 0.3) is 0 Å². The van der Waals surface area contributed by atoms with E-state index in [0.29, 0.717) is 22.1 Å². The predicted molar refractivity (Wildman–Crippen MR) is 93.8 cm³/mol. The molecule has 1 saturated carbocycles. The minimum Gasteiger partial charge on any atom is -0.389 e. The first-order valence-corrected chi connectivity index (χ1v) is 8.50. The van der Waals surface area contributed by atoms with Gasteiger partial charge in [0, 0.05) is 6.04 Å². The van der Waals surface area contributed by atoms with Crippen molar-refractivity contribution in [1.82, 2.24) is 15.1 Å². The summed E-state index contributed by atoms with van der Waals surface area (Å²) in [5.74, 6) is 0.655. The van der Waals surface area contributed by atoms with Gasteiger partial charge < -0.3 is 11.1 Å². The summed E-state index contributed by atoms with van der Waals surface area (Å²) in [6.45, 7) is 6.11. The van der Waals surface area contributed by atoms with Crippen LogP contribution in [0.3, 0.4) is 0 Å². The highest BCUT2D eigenvalue weighted by Crippen LogP contribution is 2.23. The Bertz CT molecular complexity index is 518. The molecule has 1 heterocycles. The fourth-order valence-electron chi connectivity index (χ4n) is 2.75. The van der Waals surface area contributed by atoms with Crippen molar-refractivity contribution in [3.05, 3.63) is 11.3 Å². The van der Waals surface area contributed by atoms with E-state index in [1.165, 1.54) is 37.2 Å². The SMILES string of the molecule is C/C(=N/NC(=S)N[C@H]1CCCC[C@@H]1C)c1c(C)nsc1N. The first kappa shape index (κ1) is 16.2. The van der Waals surface area contributed by atoms with E-state index in [4.69, 9.17) is 18.0 Å². The van der Waals surface area contributed by atoms with Crippen LogP contribution in [0.25, 0.3) is 0 Å². The summed E-state index contributed by atoms with van der Waals surface area (Å²) in [5.41, 5.74) is 11.5. The zero-order valence-corrected chi connectivity index (χ0v) is 14.4. The van der Waals surface area contributed by atoms with Crippen molar-refractivity contribution in [3.8, 4) is 0 Å². The van der Waals surface area contributed by atoms with E-state index in [1.54, 1.807) is 0 Å². The number of nitrogens with zero attached hydrogens (tertiary/aromatic N) is 2. The predicted octanol–water partition coefficient (Wildman–Crippen LogP) is 2.80. The Kier molecular flexibility index (Phi) is 5.52. The van der Waals surface area contributed by atoms with Crippen LogP contribution in [-0.2, 0) is 0 Å². The van der Waals surface area contributed by atoms with Crippen molar-refractivity contribution in [2.24, 2.45) is 11.0 Å². The molecule has 4 N–H and O–H groups in total. The average Bonchev–Trinajstić information content (AvgIpc) is 2.78. The molecule has 0 amide bonds. The van der Waals surface area contributed by atoms with Crippen molar-refractivity contribution in [3.63, 3.8) is 0 Å². The molecule has 1 aliphatic carbocycles. The molecule has 21 heavy (non-hydrogen) atoms. The Hall–Kier alpha value is -1.21. The van der Waals surface area contributed by atoms with Crippen molar-refractivity contribution < 1.29 is 0 Å². The van der Waals surface area contributed by atoms with Gasteiger partial charge in [-0.05, 0) is 56.4 Å². The number of hydrogen-bond acceptors (Lipinski definition) is 5. The van der Waals surface area contributed by atoms with Gasteiger partial charge in [-0.1, -0.05) is 19.8 Å². The third-order valence-electron chi connectivity index (χ3n) is 4.00. The summed E-state index contributed by atoms with van der Waals surface area (Å²) in [6, 6.07) is 0.448. The summed E-state index contributed by atoms with van der Waals surface area (Å²) in [7, 11) is 0. The van der Waals surface area contributed by atoms with Crippen LogP contribution in [0.15, 0.2) is 5.10 Å². The molecule has 1 aromatic heterocycles. The van der Waals surface area contributed by atoms with Gasteiger partial charge in [0.15, 0.2) is 5.11 Å². The minimum absolute atomic E-state index is 0.448. The average molecular weight is 326 g/mol. The molecule has 0 bridgehead atoms. The highest BCUT2D eigenvalue weighted by Gasteiger charge is 2.21. The summed E-state index contributed by atoms with van der Waals surface area (Å²) in [5, 5.41) is 8.96. The summed E-state index contributed by atoms with van der Waals surface area (Å²) >= 11 is 6.62. The molecule has 0 aliphatic heterocycles. The maximum absolute atomic E-state index is 5.92. The molecule has 0 saturated heterocycles. The molecular weight excluding hydrogens is 302 g/mol. The Labute approximate surface area is 135 Å². The summed E-state index contributed by atoms with van der Waals surface area (Å²) < 4.78 is 4.23. The van der Waals surface area contributed by atoms with Gasteiger partial charge in [-0.25, -0.2) is 0 Å². The molecule has 0 spiro atoms. The molecule has 1 aliphatic rings. The molecule has 2 atom stereocenters. The standard InChI is InChI=1S/C14H23N5S2/c1-8-6-4-5-7-11(8)16-14(20)18-17-9(2)12-10(3)19-21-13(12)15/h8,11H,4-7,15H2,1-3H3,(H2,16,18,20)/b17-9-/t8-,11-/m0/s1. The lowest BCUT2D eigenvalue weighted by atomic mass is 9.86. The second-order valence-corrected chi connectivity index (χ2v) is 6.87. The van der Waals surface area contributed by atoms with Crippen molar-refractivity contribution in [2.45, 2.75) is 52.5 Å². The number of aromatic nitrogens is 1. The normalized spacial score (nSPS) is 22.9. The molecule has 2 rings (SSSR count). The molecule has 0 aromatic carbocycles. The van der Waals surface area contributed by atoms with Gasteiger partial charge in [-0.3, -0.25) is 5.43 Å². The molecule has 1 fully saturated rings. The van der Waals surface area contributed by atoms with Crippen molar-refractivity contribution >= 4 is 39.6 Å². The molecule has 7 heteroatoms. The highest BCUT2D eigenvalue weighted by molar-refractivity contribution is 7.80. The zero-order valence-electron chi connectivity index (χ0n) is 12.8. The summed E-state index contributed by atoms with van der Waals surface area (Å²) in [4.78, 5) is 0. The number of rotatable bonds is 3. The highest BCUT2D eigenvalue weighted by atomic mass is 32.1. The number of nitrogen functional groups attached to an aromatic ring is 1. The smallest absolute Gasteiger partial charge is 0.187 e. The van der Waals surface area contributed by atoms with E-state index in [-0.39, 0.29) is 0 Å². The van der Waals surface area contributed by atoms with Crippen LogP contribution in [0, 0.1) is 12.8 Å². The first-order chi connectivity index (χ1) is 9.99. The molecule has 0 radical (unpaired) electrons. The van der Waals surface area contributed by atoms with Crippen LogP contribution >= 0.6 is 23.8 Å². The molecular formula is C14H23N5S2. The Balaban J connectivity index is 1.92. The van der Waals surface area contributed by atoms with Crippen LogP contribution in [-0.4, -0.2) is 21.2 Å². The molecule has 5 nitrogen and oxygen atoms in total. The number of aryl methyl sites for hydroxylation is 1. The third kappa shape index (κ3) is 4.14. The van der Waals surface area contributed by atoms with Crippen LogP contribution in [0.4, 0.5) is 5.00 Å².